The molecule has 0 saturated heterocycles. The van der Waals surface area contributed by atoms with Crippen molar-refractivity contribution in [3.05, 3.63) is 76.1 Å². The van der Waals surface area contributed by atoms with E-state index in [9.17, 15) is 4.79 Å². The molecule has 0 amide bonds. The van der Waals surface area contributed by atoms with E-state index in [1.165, 1.54) is 5.56 Å². The molecule has 0 unspecified atom stereocenters. The number of aromatic nitrogens is 1. The topological polar surface area (TPSA) is 37.3 Å². The van der Waals surface area contributed by atoms with Crippen LogP contribution in [0.15, 0.2) is 59.4 Å². The van der Waals surface area contributed by atoms with E-state index in [2.05, 4.69) is 23.5 Å². The fraction of sp³-hybridized carbons (Fsp3) is 0.238. The van der Waals surface area contributed by atoms with Crippen LogP contribution in [0.1, 0.15) is 17.5 Å². The molecule has 132 valence electrons. The highest BCUT2D eigenvalue weighted by Crippen LogP contribution is 2.24. The number of benzene rings is 2. The number of nitrogens with one attached hydrogen (secondary N) is 1. The van der Waals surface area contributed by atoms with Gasteiger partial charge < -0.3 is 14.8 Å². The zero-order valence-electron chi connectivity index (χ0n) is 14.7. The van der Waals surface area contributed by atoms with E-state index in [4.69, 9.17) is 12.2 Å². The molecule has 0 atom stereocenters. The summed E-state index contributed by atoms with van der Waals surface area (Å²) in [5, 5.41) is 4.95. The molecular weight excluding hydrogens is 342 g/mol. The SMILES string of the molecule is CN(Cc1cc2cccc3c2n(c1=O)CCC3)C(=S)Nc1ccccc1. The number of rotatable bonds is 3. The summed E-state index contributed by atoms with van der Waals surface area (Å²) in [6.45, 7) is 1.27. The molecule has 26 heavy (non-hydrogen) atoms. The molecule has 5 heteroatoms. The molecule has 2 heterocycles. The molecule has 0 aliphatic carbocycles. The Balaban J connectivity index is 1.62. The minimum Gasteiger partial charge on any atom is -0.348 e. The first-order chi connectivity index (χ1) is 12.6. The summed E-state index contributed by atoms with van der Waals surface area (Å²) < 4.78 is 1.94. The number of anilines is 1. The summed E-state index contributed by atoms with van der Waals surface area (Å²) in [7, 11) is 1.91. The molecule has 4 rings (SSSR count). The van der Waals surface area contributed by atoms with Gasteiger partial charge in [-0.25, -0.2) is 0 Å². The second-order valence-corrected chi connectivity index (χ2v) is 7.12. The first-order valence-electron chi connectivity index (χ1n) is 8.85. The van der Waals surface area contributed by atoms with Crippen molar-refractivity contribution in [2.75, 3.05) is 12.4 Å². The second kappa shape index (κ2) is 6.92. The molecule has 0 bridgehead atoms. The Bertz CT molecular complexity index is 1030. The van der Waals surface area contributed by atoms with Gasteiger partial charge in [0.25, 0.3) is 5.56 Å². The second-order valence-electron chi connectivity index (χ2n) is 6.74. The van der Waals surface area contributed by atoms with Crippen molar-refractivity contribution >= 4 is 33.9 Å². The highest BCUT2D eigenvalue weighted by atomic mass is 32.1. The van der Waals surface area contributed by atoms with Crippen LogP contribution in [0.3, 0.4) is 0 Å². The maximum Gasteiger partial charge on any atom is 0.256 e. The average molecular weight is 363 g/mol. The third-order valence-electron chi connectivity index (χ3n) is 4.88. The molecule has 0 spiro atoms. The summed E-state index contributed by atoms with van der Waals surface area (Å²) in [5.41, 5.74) is 4.18. The van der Waals surface area contributed by atoms with Crippen molar-refractivity contribution < 1.29 is 0 Å². The van der Waals surface area contributed by atoms with Crippen LogP contribution >= 0.6 is 12.2 Å². The largest absolute Gasteiger partial charge is 0.348 e. The summed E-state index contributed by atoms with van der Waals surface area (Å²) in [6.07, 6.45) is 2.06. The number of hydrogen-bond acceptors (Lipinski definition) is 2. The van der Waals surface area contributed by atoms with Crippen LogP contribution in [0.4, 0.5) is 5.69 Å². The van der Waals surface area contributed by atoms with Crippen LogP contribution < -0.4 is 10.9 Å². The molecule has 1 aliphatic rings. The van der Waals surface area contributed by atoms with Gasteiger partial charge in [0.05, 0.1) is 12.1 Å². The van der Waals surface area contributed by atoms with Gasteiger partial charge >= 0.3 is 0 Å². The Labute approximate surface area is 158 Å². The Morgan fingerprint density at radius 1 is 1.19 bits per heavy atom. The van der Waals surface area contributed by atoms with Crippen molar-refractivity contribution in [1.82, 2.24) is 9.47 Å². The third kappa shape index (κ3) is 3.10. The van der Waals surface area contributed by atoms with Gasteiger partial charge in [-0.05, 0) is 54.2 Å². The quantitative estimate of drug-likeness (QED) is 0.719. The van der Waals surface area contributed by atoms with Crippen molar-refractivity contribution in [2.45, 2.75) is 25.9 Å². The molecule has 4 nitrogen and oxygen atoms in total. The van der Waals surface area contributed by atoms with Crippen LogP contribution in [0.25, 0.3) is 10.9 Å². The fourth-order valence-corrected chi connectivity index (χ4v) is 3.79. The summed E-state index contributed by atoms with van der Waals surface area (Å²) >= 11 is 5.50. The van der Waals surface area contributed by atoms with Crippen LogP contribution in [-0.4, -0.2) is 21.6 Å². The van der Waals surface area contributed by atoms with Gasteiger partial charge in [0, 0.05) is 24.8 Å². The number of hydrogen-bond donors (Lipinski definition) is 1. The van der Waals surface area contributed by atoms with Crippen molar-refractivity contribution in [1.29, 1.82) is 0 Å². The van der Waals surface area contributed by atoms with Crippen LogP contribution in [0, 0.1) is 0 Å². The van der Waals surface area contributed by atoms with E-state index in [1.807, 2.05) is 52.9 Å². The van der Waals surface area contributed by atoms with Crippen molar-refractivity contribution in [3.8, 4) is 0 Å². The number of aryl methyl sites for hydroxylation is 2. The van der Waals surface area contributed by atoms with Gasteiger partial charge in [-0.3, -0.25) is 4.79 Å². The zero-order valence-corrected chi connectivity index (χ0v) is 15.6. The molecular formula is C21H21N3OS. The highest BCUT2D eigenvalue weighted by molar-refractivity contribution is 7.80. The van der Waals surface area contributed by atoms with E-state index in [0.717, 1.165) is 41.5 Å². The van der Waals surface area contributed by atoms with Crippen molar-refractivity contribution in [2.24, 2.45) is 0 Å². The monoisotopic (exact) mass is 363 g/mol. The van der Waals surface area contributed by atoms with Gasteiger partial charge in [0.2, 0.25) is 0 Å². The molecule has 3 aromatic rings. The summed E-state index contributed by atoms with van der Waals surface area (Å²) in [4.78, 5) is 14.9. The molecule has 2 aromatic carbocycles. The van der Waals surface area contributed by atoms with E-state index in [0.29, 0.717) is 11.7 Å². The van der Waals surface area contributed by atoms with Crippen LogP contribution in [0.2, 0.25) is 0 Å². The molecule has 0 radical (unpaired) electrons. The lowest BCUT2D eigenvalue weighted by Crippen LogP contribution is -2.35. The lowest BCUT2D eigenvalue weighted by molar-refractivity contribution is 0.499. The molecule has 0 fully saturated rings. The van der Waals surface area contributed by atoms with Gasteiger partial charge in [-0.15, -0.1) is 0 Å². The van der Waals surface area contributed by atoms with E-state index in [-0.39, 0.29) is 5.56 Å². The zero-order chi connectivity index (χ0) is 18.1. The lowest BCUT2D eigenvalue weighted by atomic mass is 10.00. The Morgan fingerprint density at radius 3 is 2.81 bits per heavy atom. The standard InChI is InChI=1S/C21H21N3OS/c1-23(21(26)22-18-10-3-2-4-11-18)14-17-13-16-8-5-7-15-9-6-12-24(19(15)16)20(17)25/h2-5,7-8,10-11,13H,6,9,12,14H2,1H3,(H,22,26). The van der Waals surface area contributed by atoms with E-state index >= 15 is 0 Å². The Hall–Kier alpha value is -2.66. The fourth-order valence-electron chi connectivity index (χ4n) is 3.60. The minimum atomic E-state index is 0.0963. The van der Waals surface area contributed by atoms with Gasteiger partial charge in [0.15, 0.2) is 5.11 Å². The summed E-state index contributed by atoms with van der Waals surface area (Å²) in [5.74, 6) is 0. The summed E-state index contributed by atoms with van der Waals surface area (Å²) in [6, 6.07) is 18.1. The van der Waals surface area contributed by atoms with Gasteiger partial charge in [-0.2, -0.15) is 0 Å². The number of pyridine rings is 1. The minimum absolute atomic E-state index is 0.0963. The Kier molecular flexibility index (Phi) is 4.47. The highest BCUT2D eigenvalue weighted by Gasteiger charge is 2.17. The first kappa shape index (κ1) is 16.8. The average Bonchev–Trinajstić information content (AvgIpc) is 2.66. The smallest absolute Gasteiger partial charge is 0.256 e. The molecule has 1 N–H and O–H groups in total. The Morgan fingerprint density at radius 2 is 2.00 bits per heavy atom. The predicted octanol–water partition coefficient (Wildman–Crippen LogP) is 3.78. The molecule has 0 saturated carbocycles. The first-order valence-corrected chi connectivity index (χ1v) is 9.26. The normalized spacial score (nSPS) is 12.8. The maximum absolute atomic E-state index is 13.0. The van der Waals surface area contributed by atoms with Crippen molar-refractivity contribution in [3.63, 3.8) is 0 Å². The number of para-hydroxylation sites is 2. The van der Waals surface area contributed by atoms with Crippen LogP contribution in [0.5, 0.6) is 0 Å². The van der Waals surface area contributed by atoms with Crippen LogP contribution in [-0.2, 0) is 19.5 Å². The van der Waals surface area contributed by atoms with E-state index in [1.54, 1.807) is 0 Å². The van der Waals surface area contributed by atoms with Gasteiger partial charge in [0.1, 0.15) is 0 Å². The number of nitrogens with zero attached hydrogens (tertiary/aromatic N) is 2. The third-order valence-corrected chi connectivity index (χ3v) is 5.29. The predicted molar refractivity (Wildman–Crippen MR) is 111 cm³/mol. The molecule has 1 aliphatic heterocycles. The van der Waals surface area contributed by atoms with E-state index < -0.39 is 0 Å². The lowest BCUT2D eigenvalue weighted by Gasteiger charge is -2.24. The maximum atomic E-state index is 13.0. The molecule has 1 aromatic heterocycles. The number of thiocarbonyl (C=S) groups is 1. The van der Waals surface area contributed by atoms with Gasteiger partial charge in [-0.1, -0.05) is 36.4 Å².